The topological polar surface area (TPSA) is 159 Å². The maximum atomic E-state index is 13.5. The summed E-state index contributed by atoms with van der Waals surface area (Å²) in [6.45, 7) is 1.26. The fourth-order valence-electron chi connectivity index (χ4n) is 5.20. The molecular weight excluding hydrogens is 624 g/mol. The van der Waals surface area contributed by atoms with Gasteiger partial charge in [0, 0.05) is 6.42 Å². The Balaban J connectivity index is 1.62. The second-order valence-corrected chi connectivity index (χ2v) is 10.4. The van der Waals surface area contributed by atoms with Gasteiger partial charge in [-0.25, -0.2) is 29.0 Å². The summed E-state index contributed by atoms with van der Waals surface area (Å²) >= 11 is 0. The van der Waals surface area contributed by atoms with Crippen LogP contribution in [-0.4, -0.2) is 78.5 Å². The van der Waals surface area contributed by atoms with Crippen LogP contribution in [0.2, 0.25) is 0 Å². The van der Waals surface area contributed by atoms with Gasteiger partial charge in [0.2, 0.25) is 0 Å². The summed E-state index contributed by atoms with van der Waals surface area (Å²) in [4.78, 5) is 70.2. The molecule has 1 aliphatic rings. The van der Waals surface area contributed by atoms with Crippen molar-refractivity contribution >= 4 is 29.8 Å². The van der Waals surface area contributed by atoms with Crippen LogP contribution < -0.4 is 0 Å². The smallest absolute Gasteiger partial charge is 0.359 e. The number of ether oxygens (including phenoxy) is 6. The molecule has 2 heterocycles. The zero-order chi connectivity index (χ0) is 34.2. The van der Waals surface area contributed by atoms with Gasteiger partial charge in [0.1, 0.15) is 18.5 Å². The minimum Gasteiger partial charge on any atom is -0.464 e. The van der Waals surface area contributed by atoms with E-state index in [2.05, 4.69) is 4.98 Å². The Morgan fingerprint density at radius 1 is 0.667 bits per heavy atom. The van der Waals surface area contributed by atoms with Gasteiger partial charge in [-0.15, -0.1) is 0 Å². The van der Waals surface area contributed by atoms with E-state index >= 15 is 0 Å². The number of nitrogens with zero attached hydrogens (tertiary/aromatic N) is 2. The number of aromatic nitrogens is 2. The standard InChI is InChI=1S/C35H32N2O11/c1-4-25-36-26(34(41)43-2)27(35(42)44-3)37(25)30-29(48-33(40)23-18-12-7-13-19-23)28(47-32(39)22-16-10-6-11-17-22)24(46-30)20-45-31(38)21-14-8-5-9-15-21/h5-19,24,28-30H,4,20H2,1-3H3/t24-,28-,29-,30-/m1/s1. The van der Waals surface area contributed by atoms with E-state index in [-0.39, 0.29) is 40.3 Å². The molecule has 0 unspecified atom stereocenters. The molecule has 4 aromatic rings. The van der Waals surface area contributed by atoms with Crippen LogP contribution >= 0.6 is 0 Å². The molecule has 0 N–H and O–H groups in total. The molecule has 1 fully saturated rings. The Morgan fingerprint density at radius 3 is 1.62 bits per heavy atom. The summed E-state index contributed by atoms with van der Waals surface area (Å²) in [5.74, 6) is -4.00. The number of rotatable bonds is 11. The second-order valence-electron chi connectivity index (χ2n) is 10.4. The number of imidazole rings is 1. The zero-order valence-corrected chi connectivity index (χ0v) is 26.3. The largest absolute Gasteiger partial charge is 0.464 e. The fraction of sp³-hybridized carbons (Fsp3) is 0.257. The number of aryl methyl sites for hydroxylation is 1. The molecule has 0 amide bonds. The molecular formula is C35H32N2O11. The predicted octanol–water partition coefficient (Wildman–Crippen LogP) is 4.22. The van der Waals surface area contributed by atoms with E-state index in [1.165, 1.54) is 28.8 Å². The highest BCUT2D eigenvalue weighted by Gasteiger charge is 2.53. The maximum absolute atomic E-state index is 13.5. The zero-order valence-electron chi connectivity index (χ0n) is 26.3. The van der Waals surface area contributed by atoms with Crippen molar-refractivity contribution in [2.45, 2.75) is 37.9 Å². The summed E-state index contributed by atoms with van der Waals surface area (Å²) in [7, 11) is 2.24. The number of carbonyl (C=O) groups is 5. The quantitative estimate of drug-likeness (QED) is 0.167. The number of hydrogen-bond acceptors (Lipinski definition) is 12. The van der Waals surface area contributed by atoms with Crippen molar-refractivity contribution in [1.29, 1.82) is 0 Å². The van der Waals surface area contributed by atoms with E-state index in [9.17, 15) is 24.0 Å². The summed E-state index contributed by atoms with van der Waals surface area (Å²) in [5.41, 5.74) is -0.0883. The fourth-order valence-corrected chi connectivity index (χ4v) is 5.20. The molecule has 0 radical (unpaired) electrons. The number of carbonyl (C=O) groups excluding carboxylic acids is 5. The lowest BCUT2D eigenvalue weighted by molar-refractivity contribution is -0.0640. The first-order valence-corrected chi connectivity index (χ1v) is 14.9. The minimum atomic E-state index is -1.46. The lowest BCUT2D eigenvalue weighted by atomic mass is 10.1. The molecule has 1 saturated heterocycles. The van der Waals surface area contributed by atoms with E-state index in [0.29, 0.717) is 0 Å². The predicted molar refractivity (Wildman–Crippen MR) is 166 cm³/mol. The summed E-state index contributed by atoms with van der Waals surface area (Å²) < 4.78 is 35.0. The molecule has 1 aromatic heterocycles. The molecule has 4 atom stereocenters. The van der Waals surface area contributed by atoms with Gasteiger partial charge in [-0.1, -0.05) is 61.5 Å². The summed E-state index contributed by atoms with van der Waals surface area (Å²) in [6.07, 6.45) is -5.34. The molecule has 248 valence electrons. The van der Waals surface area contributed by atoms with Crippen LogP contribution in [0.15, 0.2) is 91.0 Å². The van der Waals surface area contributed by atoms with Crippen molar-refractivity contribution in [3.05, 3.63) is 125 Å². The first-order valence-electron chi connectivity index (χ1n) is 14.9. The summed E-state index contributed by atoms with van der Waals surface area (Å²) in [5, 5.41) is 0. The van der Waals surface area contributed by atoms with Gasteiger partial charge in [-0.2, -0.15) is 0 Å². The van der Waals surface area contributed by atoms with E-state index in [1.807, 2.05) is 0 Å². The van der Waals surface area contributed by atoms with E-state index < -0.39 is 61.0 Å². The van der Waals surface area contributed by atoms with Gasteiger partial charge in [-0.3, -0.25) is 4.57 Å². The molecule has 0 aliphatic carbocycles. The van der Waals surface area contributed by atoms with E-state index in [0.717, 1.165) is 14.2 Å². The van der Waals surface area contributed by atoms with E-state index in [1.54, 1.807) is 73.7 Å². The van der Waals surface area contributed by atoms with Crippen LogP contribution in [0.1, 0.15) is 71.0 Å². The Hall–Kier alpha value is -5.82. The third kappa shape index (κ3) is 7.10. The first-order chi connectivity index (χ1) is 23.3. The third-order valence-corrected chi connectivity index (χ3v) is 7.49. The Labute approximate surface area is 275 Å². The number of methoxy groups -OCH3 is 2. The maximum Gasteiger partial charge on any atom is 0.359 e. The normalized spacial score (nSPS) is 18.4. The average molecular weight is 657 g/mol. The molecule has 0 saturated carbocycles. The van der Waals surface area contributed by atoms with Crippen molar-refractivity contribution in [1.82, 2.24) is 9.55 Å². The van der Waals surface area contributed by atoms with Crippen LogP contribution in [0.25, 0.3) is 0 Å². The minimum absolute atomic E-state index is 0.164. The first kappa shape index (κ1) is 33.5. The van der Waals surface area contributed by atoms with Gasteiger partial charge in [0.25, 0.3) is 0 Å². The molecule has 5 rings (SSSR count). The third-order valence-electron chi connectivity index (χ3n) is 7.49. The second kappa shape index (κ2) is 15.2. The van der Waals surface area contributed by atoms with Gasteiger partial charge in [-0.05, 0) is 36.4 Å². The van der Waals surface area contributed by atoms with E-state index in [4.69, 9.17) is 28.4 Å². The van der Waals surface area contributed by atoms with Crippen molar-refractivity contribution in [2.75, 3.05) is 20.8 Å². The van der Waals surface area contributed by atoms with Crippen LogP contribution in [0.3, 0.4) is 0 Å². The number of esters is 5. The number of hydrogen-bond donors (Lipinski definition) is 0. The monoisotopic (exact) mass is 656 g/mol. The van der Waals surface area contributed by atoms with Crippen LogP contribution in [0.4, 0.5) is 0 Å². The van der Waals surface area contributed by atoms with Crippen molar-refractivity contribution in [2.24, 2.45) is 0 Å². The highest BCUT2D eigenvalue weighted by molar-refractivity contribution is 6.01. The molecule has 0 spiro atoms. The molecule has 48 heavy (non-hydrogen) atoms. The highest BCUT2D eigenvalue weighted by atomic mass is 16.7. The van der Waals surface area contributed by atoms with Gasteiger partial charge < -0.3 is 28.4 Å². The van der Waals surface area contributed by atoms with Crippen LogP contribution in [0.5, 0.6) is 0 Å². The molecule has 1 aliphatic heterocycles. The van der Waals surface area contributed by atoms with Gasteiger partial charge in [0.15, 0.2) is 29.8 Å². The Bertz CT molecular complexity index is 1770. The SMILES string of the molecule is CCc1nc(C(=O)OC)c(C(=O)OC)n1[C@@H]1O[C@H](COC(=O)c2ccccc2)[C@@H](OC(=O)c2ccccc2)[C@H]1OC(=O)c1ccccc1. The van der Waals surface area contributed by atoms with Crippen molar-refractivity contribution in [3.8, 4) is 0 Å². The molecule has 13 nitrogen and oxygen atoms in total. The average Bonchev–Trinajstić information content (AvgIpc) is 3.68. The van der Waals surface area contributed by atoms with Gasteiger partial charge in [0.05, 0.1) is 30.9 Å². The Kier molecular flexibility index (Phi) is 10.6. The van der Waals surface area contributed by atoms with Crippen LogP contribution in [-0.2, 0) is 34.8 Å². The number of benzene rings is 3. The molecule has 13 heteroatoms. The van der Waals surface area contributed by atoms with Crippen molar-refractivity contribution in [3.63, 3.8) is 0 Å². The van der Waals surface area contributed by atoms with Crippen LogP contribution in [0, 0.1) is 0 Å². The summed E-state index contributed by atoms with van der Waals surface area (Å²) in [6, 6.07) is 24.3. The Morgan fingerprint density at radius 2 is 1.15 bits per heavy atom. The highest BCUT2D eigenvalue weighted by Crippen LogP contribution is 2.38. The molecule has 3 aromatic carbocycles. The van der Waals surface area contributed by atoms with Crippen molar-refractivity contribution < 1.29 is 52.4 Å². The van der Waals surface area contributed by atoms with Gasteiger partial charge >= 0.3 is 29.8 Å². The lowest BCUT2D eigenvalue weighted by Gasteiger charge is -2.26. The molecule has 0 bridgehead atoms. The lowest BCUT2D eigenvalue weighted by Crippen LogP contribution is -2.41.